The van der Waals surface area contributed by atoms with Gasteiger partial charge in [0.15, 0.2) is 0 Å². The summed E-state index contributed by atoms with van der Waals surface area (Å²) in [7, 11) is -3.68. The van der Waals surface area contributed by atoms with Gasteiger partial charge in [0, 0.05) is 12.2 Å². The molecule has 1 unspecified atom stereocenters. The molecule has 1 atom stereocenters. The SMILES string of the molecule is CC(C)(C)c1cccc(C(=O)NS(=O)(=O)C2CCOC2)c1. The lowest BCUT2D eigenvalue weighted by atomic mass is 9.86. The number of amides is 1. The monoisotopic (exact) mass is 311 g/mol. The largest absolute Gasteiger partial charge is 0.380 e. The number of benzene rings is 1. The van der Waals surface area contributed by atoms with Crippen LogP contribution in [-0.4, -0.2) is 32.8 Å². The molecular formula is C15H21NO4S. The molecule has 1 aromatic carbocycles. The molecule has 1 amide bonds. The van der Waals surface area contributed by atoms with Crippen molar-refractivity contribution in [3.05, 3.63) is 35.4 Å². The van der Waals surface area contributed by atoms with Gasteiger partial charge in [0.1, 0.15) is 5.25 Å². The number of carbonyl (C=O) groups is 1. The minimum absolute atomic E-state index is 0.103. The van der Waals surface area contributed by atoms with Gasteiger partial charge in [-0.2, -0.15) is 0 Å². The van der Waals surface area contributed by atoms with Crippen molar-refractivity contribution in [2.45, 2.75) is 37.9 Å². The van der Waals surface area contributed by atoms with E-state index in [0.717, 1.165) is 5.56 Å². The Hall–Kier alpha value is -1.40. The molecule has 0 saturated carbocycles. The lowest BCUT2D eigenvalue weighted by Crippen LogP contribution is -2.38. The van der Waals surface area contributed by atoms with Crippen LogP contribution in [0.2, 0.25) is 0 Å². The van der Waals surface area contributed by atoms with Crippen LogP contribution in [-0.2, 0) is 20.2 Å². The van der Waals surface area contributed by atoms with Crippen LogP contribution in [0.25, 0.3) is 0 Å². The zero-order valence-corrected chi connectivity index (χ0v) is 13.4. The highest BCUT2D eigenvalue weighted by molar-refractivity contribution is 7.90. The number of nitrogens with one attached hydrogen (secondary N) is 1. The predicted molar refractivity (Wildman–Crippen MR) is 80.8 cm³/mol. The van der Waals surface area contributed by atoms with Crippen molar-refractivity contribution in [1.29, 1.82) is 0 Å². The summed E-state index contributed by atoms with van der Waals surface area (Å²) in [6, 6.07) is 7.04. The minimum atomic E-state index is -3.68. The van der Waals surface area contributed by atoms with Crippen LogP contribution in [0.3, 0.4) is 0 Å². The summed E-state index contributed by atoms with van der Waals surface area (Å²) in [4.78, 5) is 12.2. The van der Waals surface area contributed by atoms with Crippen molar-refractivity contribution in [3.63, 3.8) is 0 Å². The first-order valence-corrected chi connectivity index (χ1v) is 8.49. The van der Waals surface area contributed by atoms with Gasteiger partial charge in [-0.15, -0.1) is 0 Å². The molecule has 116 valence electrons. The maximum atomic E-state index is 12.2. The van der Waals surface area contributed by atoms with Crippen molar-refractivity contribution in [1.82, 2.24) is 4.72 Å². The third-order valence-corrected chi connectivity index (χ3v) is 5.27. The number of rotatable bonds is 3. The minimum Gasteiger partial charge on any atom is -0.380 e. The van der Waals surface area contributed by atoms with Crippen LogP contribution >= 0.6 is 0 Å². The Balaban J connectivity index is 2.17. The second kappa shape index (κ2) is 5.77. The van der Waals surface area contributed by atoms with Crippen LogP contribution in [0.15, 0.2) is 24.3 Å². The molecule has 1 N–H and O–H groups in total. The van der Waals surface area contributed by atoms with Crippen LogP contribution in [0.4, 0.5) is 0 Å². The zero-order chi connectivity index (χ0) is 15.7. The van der Waals surface area contributed by atoms with E-state index >= 15 is 0 Å². The Bertz CT molecular complexity index is 625. The second-order valence-electron chi connectivity index (χ2n) is 6.29. The topological polar surface area (TPSA) is 72.5 Å². The van der Waals surface area contributed by atoms with Crippen molar-refractivity contribution < 1.29 is 17.9 Å². The molecule has 5 nitrogen and oxygen atoms in total. The summed E-state index contributed by atoms with van der Waals surface area (Å²) < 4.78 is 31.4. The molecule has 21 heavy (non-hydrogen) atoms. The molecule has 1 saturated heterocycles. The molecule has 0 bridgehead atoms. The maximum Gasteiger partial charge on any atom is 0.264 e. The Morgan fingerprint density at radius 2 is 2.05 bits per heavy atom. The van der Waals surface area contributed by atoms with E-state index in [1.54, 1.807) is 18.2 Å². The first kappa shape index (κ1) is 16.0. The van der Waals surface area contributed by atoms with Gasteiger partial charge in [0.05, 0.1) is 6.61 Å². The highest BCUT2D eigenvalue weighted by Gasteiger charge is 2.31. The molecule has 0 aliphatic carbocycles. The van der Waals surface area contributed by atoms with Gasteiger partial charge in [0.25, 0.3) is 5.91 Å². The summed E-state index contributed by atoms with van der Waals surface area (Å²) in [5, 5.41) is -0.646. The van der Waals surface area contributed by atoms with Crippen LogP contribution in [0, 0.1) is 0 Å². The van der Waals surface area contributed by atoms with Gasteiger partial charge in [0.2, 0.25) is 10.0 Å². The van der Waals surface area contributed by atoms with E-state index in [9.17, 15) is 13.2 Å². The van der Waals surface area contributed by atoms with Gasteiger partial charge in [-0.1, -0.05) is 32.9 Å². The standard InChI is InChI=1S/C15H21NO4S/c1-15(2,3)12-6-4-5-11(9-12)14(17)16-21(18,19)13-7-8-20-10-13/h4-6,9,13H,7-8,10H2,1-3H3,(H,16,17). The van der Waals surface area contributed by atoms with E-state index in [1.165, 1.54) is 0 Å². The Kier molecular flexibility index (Phi) is 4.39. The first-order valence-electron chi connectivity index (χ1n) is 6.94. The van der Waals surface area contributed by atoms with E-state index in [-0.39, 0.29) is 12.0 Å². The molecule has 1 aromatic rings. The average Bonchev–Trinajstić information content (AvgIpc) is 2.92. The highest BCUT2D eigenvalue weighted by Crippen LogP contribution is 2.23. The molecule has 0 radical (unpaired) electrons. The van der Waals surface area contributed by atoms with E-state index in [4.69, 9.17) is 4.74 Å². The molecule has 1 heterocycles. The van der Waals surface area contributed by atoms with E-state index in [0.29, 0.717) is 18.6 Å². The van der Waals surface area contributed by atoms with Crippen molar-refractivity contribution >= 4 is 15.9 Å². The predicted octanol–water partition coefficient (Wildman–Crippen LogP) is 1.83. The van der Waals surface area contributed by atoms with Gasteiger partial charge in [-0.05, 0) is 29.5 Å². The fourth-order valence-electron chi connectivity index (χ4n) is 2.16. The third kappa shape index (κ3) is 3.83. The molecule has 6 heteroatoms. The van der Waals surface area contributed by atoms with Crippen LogP contribution in [0.5, 0.6) is 0 Å². The third-order valence-electron chi connectivity index (χ3n) is 3.55. The molecule has 2 rings (SSSR count). The van der Waals surface area contributed by atoms with Crippen molar-refractivity contribution in [2.24, 2.45) is 0 Å². The van der Waals surface area contributed by atoms with E-state index < -0.39 is 21.2 Å². The Morgan fingerprint density at radius 3 is 2.62 bits per heavy atom. The number of carbonyl (C=O) groups excluding carboxylic acids is 1. The molecule has 0 aromatic heterocycles. The summed E-state index contributed by atoms with van der Waals surface area (Å²) in [5.74, 6) is -0.590. The van der Waals surface area contributed by atoms with Gasteiger partial charge < -0.3 is 4.74 Å². The zero-order valence-electron chi connectivity index (χ0n) is 12.5. The molecular weight excluding hydrogens is 290 g/mol. The smallest absolute Gasteiger partial charge is 0.264 e. The number of hydrogen-bond acceptors (Lipinski definition) is 4. The molecule has 1 aliphatic heterocycles. The fourth-order valence-corrected chi connectivity index (χ4v) is 3.38. The summed E-state index contributed by atoms with van der Waals surface area (Å²) >= 11 is 0. The number of ether oxygens (including phenoxy) is 1. The average molecular weight is 311 g/mol. The summed E-state index contributed by atoms with van der Waals surface area (Å²) in [6.45, 7) is 6.67. The van der Waals surface area contributed by atoms with Crippen LogP contribution in [0.1, 0.15) is 43.1 Å². The quantitative estimate of drug-likeness (QED) is 0.924. The number of hydrogen-bond donors (Lipinski definition) is 1. The highest BCUT2D eigenvalue weighted by atomic mass is 32.2. The van der Waals surface area contributed by atoms with Crippen molar-refractivity contribution in [3.8, 4) is 0 Å². The van der Waals surface area contributed by atoms with E-state index in [2.05, 4.69) is 4.72 Å². The van der Waals surface area contributed by atoms with Gasteiger partial charge >= 0.3 is 0 Å². The van der Waals surface area contributed by atoms with Crippen molar-refractivity contribution in [2.75, 3.05) is 13.2 Å². The first-order chi connectivity index (χ1) is 9.70. The lowest BCUT2D eigenvalue weighted by Gasteiger charge is -2.19. The Labute approximate surface area is 125 Å². The fraction of sp³-hybridized carbons (Fsp3) is 0.533. The molecule has 1 fully saturated rings. The second-order valence-corrected chi connectivity index (χ2v) is 8.25. The van der Waals surface area contributed by atoms with Gasteiger partial charge in [-0.25, -0.2) is 13.1 Å². The van der Waals surface area contributed by atoms with Crippen LogP contribution < -0.4 is 4.72 Å². The summed E-state index contributed by atoms with van der Waals surface area (Å²) in [5.41, 5.74) is 1.23. The van der Waals surface area contributed by atoms with E-state index in [1.807, 2.05) is 26.8 Å². The summed E-state index contributed by atoms with van der Waals surface area (Å²) in [6.07, 6.45) is 0.421. The maximum absolute atomic E-state index is 12.2. The number of sulfonamides is 1. The lowest BCUT2D eigenvalue weighted by molar-refractivity contribution is 0.0981. The molecule has 1 aliphatic rings. The molecule has 0 spiro atoms. The Morgan fingerprint density at radius 1 is 1.33 bits per heavy atom. The normalized spacial score (nSPS) is 19.5. The van der Waals surface area contributed by atoms with Gasteiger partial charge in [-0.3, -0.25) is 4.79 Å².